The molecule has 0 aromatic rings. The van der Waals surface area contributed by atoms with Crippen molar-refractivity contribution in [2.24, 2.45) is 17.8 Å². The van der Waals surface area contributed by atoms with Gasteiger partial charge in [0.1, 0.15) is 0 Å². The van der Waals surface area contributed by atoms with E-state index in [-0.39, 0.29) is 12.2 Å². The standard InChI is InChI=1S/C11H20O2/c1-7-2-5-11(13)9-4-3-8(12)6-10(7)9/h7-13H,2-6H2,1H3. The fraction of sp³-hybridized carbons (Fsp3) is 1.00. The van der Waals surface area contributed by atoms with Gasteiger partial charge in [0, 0.05) is 0 Å². The lowest BCUT2D eigenvalue weighted by atomic mass is 9.64. The van der Waals surface area contributed by atoms with E-state index in [1.165, 1.54) is 0 Å². The minimum atomic E-state index is -0.103. The van der Waals surface area contributed by atoms with Crippen LogP contribution in [-0.4, -0.2) is 22.4 Å². The van der Waals surface area contributed by atoms with E-state index in [0.717, 1.165) is 32.1 Å². The van der Waals surface area contributed by atoms with Gasteiger partial charge in [-0.1, -0.05) is 6.92 Å². The number of rotatable bonds is 0. The van der Waals surface area contributed by atoms with Crippen LogP contribution in [0.4, 0.5) is 0 Å². The molecule has 2 saturated carbocycles. The van der Waals surface area contributed by atoms with Crippen molar-refractivity contribution >= 4 is 0 Å². The van der Waals surface area contributed by atoms with Crippen molar-refractivity contribution in [3.63, 3.8) is 0 Å². The van der Waals surface area contributed by atoms with Gasteiger partial charge in [0.25, 0.3) is 0 Å². The summed E-state index contributed by atoms with van der Waals surface area (Å²) >= 11 is 0. The average Bonchev–Trinajstić information content (AvgIpc) is 2.12. The van der Waals surface area contributed by atoms with Gasteiger partial charge in [-0.15, -0.1) is 0 Å². The SMILES string of the molecule is CC1CCC(O)C2CCC(O)CC12. The Bertz CT molecular complexity index is 181. The van der Waals surface area contributed by atoms with Gasteiger partial charge < -0.3 is 10.2 Å². The maximum Gasteiger partial charge on any atom is 0.0571 e. The first-order valence-electron chi connectivity index (χ1n) is 5.54. The lowest BCUT2D eigenvalue weighted by Crippen LogP contribution is -2.42. The summed E-state index contributed by atoms with van der Waals surface area (Å²) < 4.78 is 0. The molecule has 0 radical (unpaired) electrons. The Hall–Kier alpha value is -0.0800. The summed E-state index contributed by atoms with van der Waals surface area (Å²) in [6.07, 6.45) is 4.75. The summed E-state index contributed by atoms with van der Waals surface area (Å²) in [5.41, 5.74) is 0. The second kappa shape index (κ2) is 3.58. The Kier molecular flexibility index (Phi) is 2.61. The number of aliphatic hydroxyl groups excluding tert-OH is 2. The highest BCUT2D eigenvalue weighted by molar-refractivity contribution is 4.90. The predicted octanol–water partition coefficient (Wildman–Crippen LogP) is 1.55. The molecule has 0 spiro atoms. The van der Waals surface area contributed by atoms with Crippen molar-refractivity contribution in [1.82, 2.24) is 0 Å². The number of hydrogen-bond donors (Lipinski definition) is 2. The molecule has 2 fully saturated rings. The zero-order valence-corrected chi connectivity index (χ0v) is 8.32. The monoisotopic (exact) mass is 184 g/mol. The Morgan fingerprint density at radius 1 is 0.923 bits per heavy atom. The molecule has 0 aromatic carbocycles. The Morgan fingerprint density at radius 2 is 1.69 bits per heavy atom. The minimum absolute atomic E-state index is 0.0892. The second-order valence-electron chi connectivity index (χ2n) is 4.92. The van der Waals surface area contributed by atoms with E-state index >= 15 is 0 Å². The highest BCUT2D eigenvalue weighted by Crippen LogP contribution is 2.43. The fourth-order valence-corrected chi connectivity index (χ4v) is 3.20. The van der Waals surface area contributed by atoms with E-state index in [4.69, 9.17) is 0 Å². The minimum Gasteiger partial charge on any atom is -0.393 e. The molecule has 13 heavy (non-hydrogen) atoms. The van der Waals surface area contributed by atoms with Crippen molar-refractivity contribution in [1.29, 1.82) is 0 Å². The van der Waals surface area contributed by atoms with Crippen LogP contribution in [-0.2, 0) is 0 Å². The van der Waals surface area contributed by atoms with Gasteiger partial charge in [-0.05, 0) is 49.9 Å². The van der Waals surface area contributed by atoms with E-state index in [2.05, 4.69) is 6.92 Å². The van der Waals surface area contributed by atoms with Crippen LogP contribution in [0.2, 0.25) is 0 Å². The van der Waals surface area contributed by atoms with Gasteiger partial charge in [0.2, 0.25) is 0 Å². The molecule has 0 aromatic heterocycles. The third kappa shape index (κ3) is 1.75. The molecule has 2 aliphatic carbocycles. The fourth-order valence-electron chi connectivity index (χ4n) is 3.20. The Morgan fingerprint density at radius 3 is 2.46 bits per heavy atom. The maximum absolute atomic E-state index is 9.83. The second-order valence-corrected chi connectivity index (χ2v) is 4.92. The Labute approximate surface area is 80.0 Å². The lowest BCUT2D eigenvalue weighted by molar-refractivity contribution is -0.0483. The summed E-state index contributed by atoms with van der Waals surface area (Å²) in [5.74, 6) is 1.75. The molecular weight excluding hydrogens is 164 g/mol. The molecule has 0 heterocycles. The highest BCUT2D eigenvalue weighted by Gasteiger charge is 2.40. The molecule has 0 bridgehead atoms. The third-order valence-electron chi connectivity index (χ3n) is 4.07. The predicted molar refractivity (Wildman–Crippen MR) is 51.2 cm³/mol. The molecule has 76 valence electrons. The van der Waals surface area contributed by atoms with Crippen molar-refractivity contribution in [3.05, 3.63) is 0 Å². The zero-order valence-electron chi connectivity index (χ0n) is 8.32. The van der Waals surface area contributed by atoms with Gasteiger partial charge in [0.05, 0.1) is 12.2 Å². The summed E-state index contributed by atoms with van der Waals surface area (Å²) in [5, 5.41) is 19.4. The molecule has 5 unspecified atom stereocenters. The summed E-state index contributed by atoms with van der Waals surface area (Å²) in [6.45, 7) is 2.27. The smallest absolute Gasteiger partial charge is 0.0571 e. The lowest BCUT2D eigenvalue weighted by Gasteiger charge is -2.44. The van der Waals surface area contributed by atoms with Crippen molar-refractivity contribution in [2.75, 3.05) is 0 Å². The molecule has 2 rings (SSSR count). The number of fused-ring (bicyclic) bond motifs is 1. The summed E-state index contributed by atoms with van der Waals surface area (Å²) in [4.78, 5) is 0. The van der Waals surface area contributed by atoms with Crippen LogP contribution in [0.15, 0.2) is 0 Å². The van der Waals surface area contributed by atoms with E-state index in [9.17, 15) is 10.2 Å². The van der Waals surface area contributed by atoms with Gasteiger partial charge >= 0.3 is 0 Å². The molecule has 2 aliphatic rings. The van der Waals surface area contributed by atoms with Crippen LogP contribution in [0.1, 0.15) is 39.0 Å². The molecule has 0 saturated heterocycles. The van der Waals surface area contributed by atoms with Gasteiger partial charge in [-0.3, -0.25) is 0 Å². The quantitative estimate of drug-likeness (QED) is 0.599. The van der Waals surface area contributed by atoms with E-state index in [1.54, 1.807) is 0 Å². The zero-order chi connectivity index (χ0) is 9.42. The van der Waals surface area contributed by atoms with Gasteiger partial charge in [-0.2, -0.15) is 0 Å². The Balaban J connectivity index is 2.06. The molecule has 0 aliphatic heterocycles. The normalized spacial score (nSPS) is 51.5. The van der Waals surface area contributed by atoms with E-state index in [1.807, 2.05) is 0 Å². The summed E-state index contributed by atoms with van der Waals surface area (Å²) in [7, 11) is 0. The van der Waals surface area contributed by atoms with Crippen molar-refractivity contribution < 1.29 is 10.2 Å². The first-order chi connectivity index (χ1) is 6.18. The van der Waals surface area contributed by atoms with E-state index < -0.39 is 0 Å². The highest BCUT2D eigenvalue weighted by atomic mass is 16.3. The first-order valence-corrected chi connectivity index (χ1v) is 5.54. The van der Waals surface area contributed by atoms with Crippen molar-refractivity contribution in [3.8, 4) is 0 Å². The molecule has 5 atom stereocenters. The molecule has 0 amide bonds. The first kappa shape index (κ1) is 9.47. The largest absolute Gasteiger partial charge is 0.393 e. The van der Waals surface area contributed by atoms with Crippen LogP contribution >= 0.6 is 0 Å². The molecular formula is C11H20O2. The van der Waals surface area contributed by atoms with Crippen LogP contribution in [0.5, 0.6) is 0 Å². The van der Waals surface area contributed by atoms with Crippen LogP contribution in [0.25, 0.3) is 0 Å². The molecule has 2 N–H and O–H groups in total. The van der Waals surface area contributed by atoms with Gasteiger partial charge in [-0.25, -0.2) is 0 Å². The van der Waals surface area contributed by atoms with Crippen molar-refractivity contribution in [2.45, 2.75) is 51.2 Å². The average molecular weight is 184 g/mol. The molecule has 2 heteroatoms. The van der Waals surface area contributed by atoms with Crippen LogP contribution in [0, 0.1) is 17.8 Å². The molecule has 2 nitrogen and oxygen atoms in total. The number of aliphatic hydroxyl groups is 2. The van der Waals surface area contributed by atoms with Crippen LogP contribution in [0.3, 0.4) is 0 Å². The third-order valence-corrected chi connectivity index (χ3v) is 4.07. The van der Waals surface area contributed by atoms with Crippen LogP contribution < -0.4 is 0 Å². The topological polar surface area (TPSA) is 40.5 Å². The number of hydrogen-bond acceptors (Lipinski definition) is 2. The summed E-state index contributed by atoms with van der Waals surface area (Å²) in [6, 6.07) is 0. The van der Waals surface area contributed by atoms with Gasteiger partial charge in [0.15, 0.2) is 0 Å². The van der Waals surface area contributed by atoms with E-state index in [0.29, 0.717) is 17.8 Å². The maximum atomic E-state index is 9.83.